The van der Waals surface area contributed by atoms with Gasteiger partial charge in [-0.25, -0.2) is 8.42 Å². The van der Waals surface area contributed by atoms with Crippen molar-refractivity contribution in [2.45, 2.75) is 30.3 Å². The van der Waals surface area contributed by atoms with Crippen LogP contribution in [0.4, 0.5) is 11.4 Å². The van der Waals surface area contributed by atoms with Crippen molar-refractivity contribution in [2.24, 2.45) is 5.92 Å². The normalized spacial score (nSPS) is 17.4. The lowest BCUT2D eigenvalue weighted by Gasteiger charge is -2.44. The number of piperidine rings is 1. The zero-order chi connectivity index (χ0) is 30.8. The quantitative estimate of drug-likeness (QED) is 0.290. The van der Waals surface area contributed by atoms with Crippen LogP contribution in [0.25, 0.3) is 0 Å². The predicted octanol–water partition coefficient (Wildman–Crippen LogP) is 4.22. The monoisotopic (exact) mass is 614 g/mol. The van der Waals surface area contributed by atoms with Crippen LogP contribution in [0.5, 0.6) is 11.5 Å². The third-order valence-electron chi connectivity index (χ3n) is 8.33. The molecule has 4 aromatic rings. The molecule has 0 aliphatic carbocycles. The van der Waals surface area contributed by atoms with Crippen LogP contribution in [0.15, 0.2) is 94.6 Å². The van der Waals surface area contributed by atoms with Gasteiger partial charge in [0.15, 0.2) is 0 Å². The van der Waals surface area contributed by atoms with Crippen LogP contribution in [0.1, 0.15) is 34.0 Å². The maximum atomic E-state index is 13.6. The molecule has 228 valence electrons. The molecule has 3 aromatic carbocycles. The first-order valence-electron chi connectivity index (χ1n) is 14.4. The molecular weight excluding hydrogens is 580 g/mol. The van der Waals surface area contributed by atoms with Crippen molar-refractivity contribution < 1.29 is 22.7 Å². The van der Waals surface area contributed by atoms with E-state index in [9.17, 15) is 18.0 Å². The molecule has 2 bridgehead atoms. The van der Waals surface area contributed by atoms with E-state index in [-0.39, 0.29) is 34.7 Å². The molecular formula is C33H34N4O6S. The van der Waals surface area contributed by atoms with Crippen molar-refractivity contribution in [1.29, 1.82) is 0 Å². The SMILES string of the molecule is COc1ccc(S(=O)(=O)Nc2cc(C(=O)NCc3ccccc3OC)ccc2N2C[C@H]3C[C@@H](C2)c2cccc(=O)n2C3)cc1. The second kappa shape index (κ2) is 12.1. The number of pyridine rings is 1. The number of anilines is 2. The van der Waals surface area contributed by atoms with Crippen LogP contribution in [-0.4, -0.2) is 46.2 Å². The fourth-order valence-corrected chi connectivity index (χ4v) is 7.28. The Morgan fingerprint density at radius 2 is 1.70 bits per heavy atom. The van der Waals surface area contributed by atoms with Gasteiger partial charge in [0.25, 0.3) is 21.5 Å². The number of nitrogens with one attached hydrogen (secondary N) is 2. The molecule has 0 spiro atoms. The molecule has 0 unspecified atom stereocenters. The molecule has 2 aliphatic rings. The van der Waals surface area contributed by atoms with Crippen molar-refractivity contribution in [3.05, 3.63) is 112 Å². The van der Waals surface area contributed by atoms with Gasteiger partial charge in [-0.15, -0.1) is 0 Å². The number of amides is 1. The number of fused-ring (bicyclic) bond motifs is 4. The largest absolute Gasteiger partial charge is 0.497 e. The van der Waals surface area contributed by atoms with Gasteiger partial charge in [-0.3, -0.25) is 14.3 Å². The Bertz CT molecular complexity index is 1860. The molecule has 1 saturated heterocycles. The maximum Gasteiger partial charge on any atom is 0.261 e. The molecule has 1 fully saturated rings. The lowest BCUT2D eigenvalue weighted by atomic mass is 9.83. The van der Waals surface area contributed by atoms with Crippen LogP contribution < -0.4 is 30.0 Å². The topological polar surface area (TPSA) is 119 Å². The summed E-state index contributed by atoms with van der Waals surface area (Å²) >= 11 is 0. The Kier molecular flexibility index (Phi) is 8.05. The first-order chi connectivity index (χ1) is 21.3. The van der Waals surface area contributed by atoms with E-state index in [0.29, 0.717) is 48.1 Å². The molecule has 6 rings (SSSR count). The summed E-state index contributed by atoms with van der Waals surface area (Å²) in [5, 5.41) is 2.92. The smallest absolute Gasteiger partial charge is 0.261 e. The molecule has 1 aromatic heterocycles. The van der Waals surface area contributed by atoms with Gasteiger partial charge in [0, 0.05) is 55.0 Å². The van der Waals surface area contributed by atoms with E-state index in [1.165, 1.54) is 19.2 Å². The van der Waals surface area contributed by atoms with E-state index in [1.54, 1.807) is 49.6 Å². The molecule has 1 amide bonds. The maximum absolute atomic E-state index is 13.6. The molecule has 2 aliphatic heterocycles. The Morgan fingerprint density at radius 1 is 0.909 bits per heavy atom. The third kappa shape index (κ3) is 5.87. The average molecular weight is 615 g/mol. The number of carbonyl (C=O) groups is 1. The average Bonchev–Trinajstić information content (AvgIpc) is 3.04. The summed E-state index contributed by atoms with van der Waals surface area (Å²) in [4.78, 5) is 28.1. The summed E-state index contributed by atoms with van der Waals surface area (Å²) in [5.74, 6) is 1.19. The number of rotatable bonds is 9. The number of aromatic nitrogens is 1. The number of sulfonamides is 1. The zero-order valence-electron chi connectivity index (χ0n) is 24.5. The Morgan fingerprint density at radius 3 is 2.48 bits per heavy atom. The Labute approximate surface area is 256 Å². The van der Waals surface area contributed by atoms with Gasteiger partial charge in [0.1, 0.15) is 11.5 Å². The highest BCUT2D eigenvalue weighted by molar-refractivity contribution is 7.92. The minimum Gasteiger partial charge on any atom is -0.497 e. The highest BCUT2D eigenvalue weighted by Gasteiger charge is 2.35. The second-order valence-electron chi connectivity index (χ2n) is 11.1. The number of hydrogen-bond acceptors (Lipinski definition) is 7. The van der Waals surface area contributed by atoms with Crippen molar-refractivity contribution >= 4 is 27.3 Å². The molecule has 2 atom stereocenters. The summed E-state index contributed by atoms with van der Waals surface area (Å²) in [6.07, 6.45) is 0.955. The predicted molar refractivity (Wildman–Crippen MR) is 168 cm³/mol. The third-order valence-corrected chi connectivity index (χ3v) is 9.71. The minimum absolute atomic E-state index is 0.00192. The number of carbonyl (C=O) groups excluding carboxylic acids is 1. The van der Waals surface area contributed by atoms with E-state index in [2.05, 4.69) is 14.9 Å². The molecule has 10 nitrogen and oxygen atoms in total. The van der Waals surface area contributed by atoms with E-state index in [0.717, 1.165) is 17.7 Å². The van der Waals surface area contributed by atoms with Crippen molar-refractivity contribution in [2.75, 3.05) is 36.9 Å². The van der Waals surface area contributed by atoms with Crippen LogP contribution in [-0.2, 0) is 23.1 Å². The van der Waals surface area contributed by atoms with Gasteiger partial charge in [-0.1, -0.05) is 24.3 Å². The lowest BCUT2D eigenvalue weighted by Crippen LogP contribution is -2.47. The fraction of sp³-hybridized carbons (Fsp3) is 0.273. The lowest BCUT2D eigenvalue weighted by molar-refractivity contribution is 0.0950. The Balaban J connectivity index is 1.32. The highest BCUT2D eigenvalue weighted by Crippen LogP contribution is 2.40. The van der Waals surface area contributed by atoms with Crippen LogP contribution in [0.2, 0.25) is 0 Å². The first-order valence-corrected chi connectivity index (χ1v) is 15.9. The molecule has 0 saturated carbocycles. The van der Waals surface area contributed by atoms with E-state index >= 15 is 0 Å². The summed E-state index contributed by atoms with van der Waals surface area (Å²) in [6.45, 7) is 2.11. The number of ether oxygens (including phenoxy) is 2. The molecule has 11 heteroatoms. The Hall–Kier alpha value is -4.77. The zero-order valence-corrected chi connectivity index (χ0v) is 25.3. The summed E-state index contributed by atoms with van der Waals surface area (Å²) in [6, 6.07) is 24.0. The number of hydrogen-bond donors (Lipinski definition) is 2. The van der Waals surface area contributed by atoms with Gasteiger partial charge < -0.3 is 24.3 Å². The minimum atomic E-state index is -4.01. The summed E-state index contributed by atoms with van der Waals surface area (Å²) in [7, 11) is -0.914. The van der Waals surface area contributed by atoms with E-state index < -0.39 is 10.0 Å². The summed E-state index contributed by atoms with van der Waals surface area (Å²) < 4.78 is 42.3. The number of methoxy groups -OCH3 is 2. The van der Waals surface area contributed by atoms with Gasteiger partial charge >= 0.3 is 0 Å². The van der Waals surface area contributed by atoms with E-state index in [1.807, 2.05) is 34.9 Å². The molecule has 3 heterocycles. The summed E-state index contributed by atoms with van der Waals surface area (Å²) in [5.41, 5.74) is 3.10. The highest BCUT2D eigenvalue weighted by atomic mass is 32.2. The van der Waals surface area contributed by atoms with Crippen molar-refractivity contribution in [3.8, 4) is 11.5 Å². The van der Waals surface area contributed by atoms with Gasteiger partial charge in [0.2, 0.25) is 0 Å². The first kappa shape index (κ1) is 29.3. The van der Waals surface area contributed by atoms with Crippen LogP contribution in [0, 0.1) is 5.92 Å². The van der Waals surface area contributed by atoms with E-state index in [4.69, 9.17) is 9.47 Å². The van der Waals surface area contributed by atoms with Crippen LogP contribution >= 0.6 is 0 Å². The fourth-order valence-electron chi connectivity index (χ4n) is 6.21. The van der Waals surface area contributed by atoms with Crippen molar-refractivity contribution in [1.82, 2.24) is 9.88 Å². The molecule has 44 heavy (non-hydrogen) atoms. The standard InChI is InChI=1S/C33H34N4O6S/c1-42-26-11-13-27(14-12-26)44(40,41)35-28-17-23(33(39)34-18-24-6-3-4-8-31(24)43-2)10-15-30(28)36-19-22-16-25(21-36)29-7-5-9-32(38)37(29)20-22/h3-15,17,22,25,35H,16,18-21H2,1-2H3,(H,34,39)/t22-,25+/m1/s1. The molecule has 0 radical (unpaired) electrons. The molecule has 2 N–H and O–H groups in total. The van der Waals surface area contributed by atoms with Gasteiger partial charge in [-0.2, -0.15) is 0 Å². The van der Waals surface area contributed by atoms with Crippen molar-refractivity contribution in [3.63, 3.8) is 0 Å². The number of nitrogens with zero attached hydrogens (tertiary/aromatic N) is 2. The second-order valence-corrected chi connectivity index (χ2v) is 12.8. The number of para-hydroxylation sites is 1. The van der Waals surface area contributed by atoms with Gasteiger partial charge in [0.05, 0.1) is 30.5 Å². The number of benzene rings is 3. The van der Waals surface area contributed by atoms with Crippen LogP contribution in [0.3, 0.4) is 0 Å². The van der Waals surface area contributed by atoms with Gasteiger partial charge in [-0.05, 0) is 66.9 Å².